The minimum absolute atomic E-state index is 0.250. The fourth-order valence-corrected chi connectivity index (χ4v) is 1.13. The molecule has 1 unspecified atom stereocenters. The van der Waals surface area contributed by atoms with Gasteiger partial charge in [-0.15, -0.1) is 0 Å². The molecule has 0 fully saturated rings. The van der Waals surface area contributed by atoms with Crippen molar-refractivity contribution in [3.63, 3.8) is 0 Å². The number of carbonyl (C=O) groups excluding carboxylic acids is 1. The number of rotatable bonds is 7. The number of unbranched alkanes of at least 4 members (excludes halogenated alkanes) is 1. The quantitative estimate of drug-likeness (QED) is 0.372. The third kappa shape index (κ3) is 6.05. The monoisotopic (exact) mass is 185 g/mol. The topological polar surface area (TPSA) is 66.7 Å². The number of carbonyl (C=O) groups is 1. The van der Waals surface area contributed by atoms with Crippen LogP contribution in [0.25, 0.3) is 0 Å². The van der Waals surface area contributed by atoms with Gasteiger partial charge in [-0.25, -0.2) is 9.79 Å². The lowest BCUT2D eigenvalue weighted by atomic mass is 10.00. The van der Waals surface area contributed by atoms with Gasteiger partial charge in [0.1, 0.15) is 0 Å². The van der Waals surface area contributed by atoms with Crippen molar-refractivity contribution in [2.45, 2.75) is 32.6 Å². The number of carboxylic acids is 1. The van der Waals surface area contributed by atoms with E-state index >= 15 is 0 Å². The van der Waals surface area contributed by atoms with Gasteiger partial charge in [0.05, 0.1) is 12.5 Å². The van der Waals surface area contributed by atoms with Crippen molar-refractivity contribution in [1.29, 1.82) is 0 Å². The van der Waals surface area contributed by atoms with Crippen molar-refractivity contribution < 1.29 is 14.7 Å². The Hall–Kier alpha value is -1.15. The summed E-state index contributed by atoms with van der Waals surface area (Å²) in [4.78, 5) is 23.6. The van der Waals surface area contributed by atoms with E-state index in [1.807, 2.05) is 6.92 Å². The van der Waals surface area contributed by atoms with Crippen molar-refractivity contribution in [2.24, 2.45) is 10.9 Å². The largest absolute Gasteiger partial charge is 0.481 e. The third-order valence-corrected chi connectivity index (χ3v) is 1.98. The first kappa shape index (κ1) is 11.8. The Labute approximate surface area is 77.7 Å². The molecule has 4 heteroatoms. The molecule has 74 valence electrons. The SMILES string of the molecule is CCC(CCCCN=C=O)C(=O)O. The van der Waals surface area contributed by atoms with Crippen molar-refractivity contribution in [3.8, 4) is 0 Å². The first-order chi connectivity index (χ1) is 6.22. The van der Waals surface area contributed by atoms with Crippen LogP contribution in [0.15, 0.2) is 4.99 Å². The molecular weight excluding hydrogens is 170 g/mol. The molecule has 13 heavy (non-hydrogen) atoms. The number of hydrogen-bond acceptors (Lipinski definition) is 3. The lowest BCUT2D eigenvalue weighted by Gasteiger charge is -2.07. The number of aliphatic carboxylic acids is 1. The fourth-order valence-electron chi connectivity index (χ4n) is 1.13. The first-order valence-electron chi connectivity index (χ1n) is 4.48. The summed E-state index contributed by atoms with van der Waals surface area (Å²) < 4.78 is 0. The Morgan fingerprint density at radius 2 is 2.23 bits per heavy atom. The number of isocyanates is 1. The Bertz CT molecular complexity index is 197. The second-order valence-electron chi connectivity index (χ2n) is 2.91. The molecule has 0 amide bonds. The molecule has 0 saturated heterocycles. The molecule has 0 aromatic heterocycles. The van der Waals surface area contributed by atoms with Gasteiger partial charge < -0.3 is 5.11 Å². The first-order valence-corrected chi connectivity index (χ1v) is 4.48. The highest BCUT2D eigenvalue weighted by Crippen LogP contribution is 2.12. The summed E-state index contributed by atoms with van der Waals surface area (Å²) in [5, 5.41) is 8.69. The van der Waals surface area contributed by atoms with Gasteiger partial charge in [0.15, 0.2) is 0 Å². The van der Waals surface area contributed by atoms with E-state index in [4.69, 9.17) is 5.11 Å². The lowest BCUT2D eigenvalue weighted by Crippen LogP contribution is -2.12. The highest BCUT2D eigenvalue weighted by molar-refractivity contribution is 5.69. The number of carboxylic acid groups (broad SMARTS) is 1. The van der Waals surface area contributed by atoms with E-state index in [2.05, 4.69) is 4.99 Å². The van der Waals surface area contributed by atoms with Crippen LogP contribution in [-0.2, 0) is 9.59 Å². The molecule has 1 atom stereocenters. The Morgan fingerprint density at radius 1 is 1.54 bits per heavy atom. The molecule has 0 aliphatic heterocycles. The van der Waals surface area contributed by atoms with E-state index in [0.29, 0.717) is 19.4 Å². The Kier molecular flexibility index (Phi) is 6.83. The minimum Gasteiger partial charge on any atom is -0.481 e. The maximum absolute atomic E-state index is 10.6. The summed E-state index contributed by atoms with van der Waals surface area (Å²) in [6, 6.07) is 0. The van der Waals surface area contributed by atoms with Gasteiger partial charge in [-0.2, -0.15) is 0 Å². The zero-order chi connectivity index (χ0) is 10.1. The predicted octanol–water partition coefficient (Wildman–Crippen LogP) is 1.60. The van der Waals surface area contributed by atoms with E-state index in [0.717, 1.165) is 12.8 Å². The van der Waals surface area contributed by atoms with Crippen LogP contribution in [-0.4, -0.2) is 23.7 Å². The van der Waals surface area contributed by atoms with Crippen LogP contribution >= 0.6 is 0 Å². The van der Waals surface area contributed by atoms with Crippen LogP contribution in [0.2, 0.25) is 0 Å². The van der Waals surface area contributed by atoms with Crippen LogP contribution in [0.3, 0.4) is 0 Å². The zero-order valence-corrected chi connectivity index (χ0v) is 7.82. The summed E-state index contributed by atoms with van der Waals surface area (Å²) in [6.07, 6.45) is 4.34. The summed E-state index contributed by atoms with van der Waals surface area (Å²) in [5.74, 6) is -0.985. The normalized spacial score (nSPS) is 11.8. The van der Waals surface area contributed by atoms with Crippen LogP contribution in [0.4, 0.5) is 0 Å². The van der Waals surface area contributed by atoms with Crippen LogP contribution in [0.5, 0.6) is 0 Å². The molecule has 0 radical (unpaired) electrons. The zero-order valence-electron chi connectivity index (χ0n) is 7.82. The van der Waals surface area contributed by atoms with Crippen molar-refractivity contribution >= 4 is 12.0 Å². The van der Waals surface area contributed by atoms with Gasteiger partial charge in [0, 0.05) is 0 Å². The second-order valence-corrected chi connectivity index (χ2v) is 2.91. The standard InChI is InChI=1S/C9H15NO3/c1-2-8(9(12)13)5-3-4-6-10-7-11/h8H,2-6H2,1H3,(H,12,13). The van der Waals surface area contributed by atoms with E-state index in [1.54, 1.807) is 0 Å². The van der Waals surface area contributed by atoms with Gasteiger partial charge in [0.2, 0.25) is 6.08 Å². The maximum Gasteiger partial charge on any atom is 0.306 e. The average Bonchev–Trinajstić information content (AvgIpc) is 2.10. The summed E-state index contributed by atoms with van der Waals surface area (Å²) in [7, 11) is 0. The van der Waals surface area contributed by atoms with Crippen molar-refractivity contribution in [3.05, 3.63) is 0 Å². The molecular formula is C9H15NO3. The second kappa shape index (κ2) is 7.50. The highest BCUT2D eigenvalue weighted by Gasteiger charge is 2.13. The number of aliphatic imine (C=N–C) groups is 1. The predicted molar refractivity (Wildman–Crippen MR) is 48.3 cm³/mol. The van der Waals surface area contributed by atoms with Crippen LogP contribution in [0.1, 0.15) is 32.6 Å². The minimum atomic E-state index is -0.735. The molecule has 0 saturated carbocycles. The highest BCUT2D eigenvalue weighted by atomic mass is 16.4. The van der Waals surface area contributed by atoms with Gasteiger partial charge in [0.25, 0.3) is 0 Å². The Balaban J connectivity index is 3.49. The average molecular weight is 185 g/mol. The number of hydrogen-bond donors (Lipinski definition) is 1. The van der Waals surface area contributed by atoms with E-state index < -0.39 is 5.97 Å². The number of nitrogens with zero attached hydrogens (tertiary/aromatic N) is 1. The molecule has 1 N–H and O–H groups in total. The summed E-state index contributed by atoms with van der Waals surface area (Å²) >= 11 is 0. The van der Waals surface area contributed by atoms with Crippen LogP contribution in [0, 0.1) is 5.92 Å². The summed E-state index contributed by atoms with van der Waals surface area (Å²) in [6.45, 7) is 2.32. The molecule has 0 spiro atoms. The van der Waals surface area contributed by atoms with E-state index in [1.165, 1.54) is 6.08 Å². The smallest absolute Gasteiger partial charge is 0.306 e. The maximum atomic E-state index is 10.6. The lowest BCUT2D eigenvalue weighted by molar-refractivity contribution is -0.142. The molecule has 0 bridgehead atoms. The molecule has 0 aromatic carbocycles. The van der Waals surface area contributed by atoms with Gasteiger partial charge in [-0.3, -0.25) is 4.79 Å². The molecule has 0 aromatic rings. The fraction of sp³-hybridized carbons (Fsp3) is 0.778. The van der Waals surface area contributed by atoms with E-state index in [9.17, 15) is 9.59 Å². The van der Waals surface area contributed by atoms with Crippen molar-refractivity contribution in [1.82, 2.24) is 0 Å². The van der Waals surface area contributed by atoms with Gasteiger partial charge >= 0.3 is 5.97 Å². The van der Waals surface area contributed by atoms with Crippen molar-refractivity contribution in [2.75, 3.05) is 6.54 Å². The van der Waals surface area contributed by atoms with Crippen LogP contribution < -0.4 is 0 Å². The van der Waals surface area contributed by atoms with Gasteiger partial charge in [-0.1, -0.05) is 13.3 Å². The Morgan fingerprint density at radius 3 is 2.69 bits per heavy atom. The molecule has 4 nitrogen and oxygen atoms in total. The van der Waals surface area contributed by atoms with Gasteiger partial charge in [-0.05, 0) is 19.3 Å². The molecule has 0 aliphatic rings. The van der Waals surface area contributed by atoms with E-state index in [-0.39, 0.29) is 5.92 Å². The molecule has 0 heterocycles. The molecule has 0 rings (SSSR count). The molecule has 0 aliphatic carbocycles. The third-order valence-electron chi connectivity index (χ3n) is 1.98. The summed E-state index contributed by atoms with van der Waals surface area (Å²) in [5.41, 5.74) is 0.